The molecule has 1 aliphatic rings. The van der Waals surface area contributed by atoms with Crippen molar-refractivity contribution in [3.05, 3.63) is 32.3 Å². The summed E-state index contributed by atoms with van der Waals surface area (Å²) in [4.78, 5) is 12.8. The zero-order valence-electron chi connectivity index (χ0n) is 12.0. The molecule has 1 aliphatic carbocycles. The fraction of sp³-hybridized carbons (Fsp3) is 0.571. The van der Waals surface area contributed by atoms with Crippen molar-refractivity contribution >= 4 is 39.7 Å². The van der Waals surface area contributed by atoms with Crippen molar-refractivity contribution in [2.45, 2.75) is 44.7 Å². The van der Waals surface area contributed by atoms with E-state index in [0.29, 0.717) is 22.7 Å². The third-order valence-corrected chi connectivity index (χ3v) is 4.68. The van der Waals surface area contributed by atoms with Crippen LogP contribution in [-0.4, -0.2) is 22.9 Å². The summed E-state index contributed by atoms with van der Waals surface area (Å²) in [5, 5.41) is 10.9. The SMILES string of the molecule is CN(Cc1cc([N+](=O)[O-])cc(Br)c1N)C1CCCCC1.Cl. The second-order valence-electron chi connectivity index (χ2n) is 5.46. The fourth-order valence-corrected chi connectivity index (χ4v) is 3.30. The minimum atomic E-state index is -0.381. The first-order valence-corrected chi connectivity index (χ1v) is 7.71. The van der Waals surface area contributed by atoms with Crippen molar-refractivity contribution in [2.24, 2.45) is 0 Å². The molecule has 1 fully saturated rings. The van der Waals surface area contributed by atoms with Crippen LogP contribution in [0.3, 0.4) is 0 Å². The first-order chi connectivity index (χ1) is 9.49. The Morgan fingerprint density at radius 3 is 2.57 bits per heavy atom. The number of hydrogen-bond acceptors (Lipinski definition) is 4. The van der Waals surface area contributed by atoms with E-state index in [1.165, 1.54) is 38.2 Å². The van der Waals surface area contributed by atoms with Gasteiger partial charge in [0.15, 0.2) is 0 Å². The van der Waals surface area contributed by atoms with Gasteiger partial charge in [-0.1, -0.05) is 19.3 Å². The molecule has 5 nitrogen and oxygen atoms in total. The lowest BCUT2D eigenvalue weighted by molar-refractivity contribution is -0.385. The summed E-state index contributed by atoms with van der Waals surface area (Å²) in [6.07, 6.45) is 6.25. The largest absolute Gasteiger partial charge is 0.398 e. The van der Waals surface area contributed by atoms with Gasteiger partial charge in [0.1, 0.15) is 0 Å². The summed E-state index contributed by atoms with van der Waals surface area (Å²) in [7, 11) is 2.07. The molecule has 0 atom stereocenters. The molecule has 21 heavy (non-hydrogen) atoms. The number of nitro groups is 1. The van der Waals surface area contributed by atoms with Gasteiger partial charge in [-0.25, -0.2) is 0 Å². The molecule has 2 N–H and O–H groups in total. The van der Waals surface area contributed by atoms with Crippen LogP contribution in [0, 0.1) is 10.1 Å². The number of rotatable bonds is 4. The molecule has 0 unspecified atom stereocenters. The molecule has 1 aromatic carbocycles. The summed E-state index contributed by atoms with van der Waals surface area (Å²) in [6.45, 7) is 0.650. The smallest absolute Gasteiger partial charge is 0.271 e. The summed E-state index contributed by atoms with van der Waals surface area (Å²) in [5.41, 5.74) is 7.53. The van der Waals surface area contributed by atoms with Crippen LogP contribution in [-0.2, 0) is 6.54 Å². The molecule has 7 heteroatoms. The van der Waals surface area contributed by atoms with Crippen LogP contribution in [0.4, 0.5) is 11.4 Å². The standard InChI is InChI=1S/C14H20BrN3O2.ClH/c1-17(11-5-3-2-4-6-11)9-10-7-12(18(19)20)8-13(15)14(10)16;/h7-8,11H,2-6,9,16H2,1H3;1H. The lowest BCUT2D eigenvalue weighted by Gasteiger charge is -2.31. The number of non-ortho nitro benzene ring substituents is 1. The molecule has 0 amide bonds. The Labute approximate surface area is 139 Å². The average Bonchev–Trinajstić information content (AvgIpc) is 2.44. The summed E-state index contributed by atoms with van der Waals surface area (Å²) in [5.74, 6) is 0. The van der Waals surface area contributed by atoms with Crippen molar-refractivity contribution in [2.75, 3.05) is 12.8 Å². The molecule has 118 valence electrons. The van der Waals surface area contributed by atoms with E-state index in [-0.39, 0.29) is 23.0 Å². The second kappa shape index (κ2) is 7.96. The van der Waals surface area contributed by atoms with Crippen LogP contribution in [0.5, 0.6) is 0 Å². The maximum atomic E-state index is 10.9. The second-order valence-corrected chi connectivity index (χ2v) is 6.32. The molecule has 2 rings (SSSR count). The predicted octanol–water partition coefficient (Wildman–Crippen LogP) is 4.13. The topological polar surface area (TPSA) is 72.4 Å². The zero-order chi connectivity index (χ0) is 14.7. The summed E-state index contributed by atoms with van der Waals surface area (Å²) < 4.78 is 0.596. The molecule has 0 radical (unpaired) electrons. The lowest BCUT2D eigenvalue weighted by Crippen LogP contribution is -2.33. The monoisotopic (exact) mass is 377 g/mol. The van der Waals surface area contributed by atoms with Crippen LogP contribution < -0.4 is 5.73 Å². The highest BCUT2D eigenvalue weighted by molar-refractivity contribution is 9.10. The van der Waals surface area contributed by atoms with E-state index in [2.05, 4.69) is 27.9 Å². The van der Waals surface area contributed by atoms with Gasteiger partial charge in [0, 0.05) is 29.2 Å². The van der Waals surface area contributed by atoms with Crippen molar-refractivity contribution in [1.29, 1.82) is 0 Å². The quantitative estimate of drug-likeness (QED) is 0.486. The molecule has 0 aliphatic heterocycles. The summed E-state index contributed by atoms with van der Waals surface area (Å²) in [6, 6.07) is 3.60. The Morgan fingerprint density at radius 1 is 1.38 bits per heavy atom. The number of hydrogen-bond donors (Lipinski definition) is 1. The van der Waals surface area contributed by atoms with Crippen LogP contribution in [0.1, 0.15) is 37.7 Å². The normalized spacial score (nSPS) is 15.8. The first-order valence-electron chi connectivity index (χ1n) is 6.91. The molecule has 0 saturated heterocycles. The highest BCUT2D eigenvalue weighted by atomic mass is 79.9. The van der Waals surface area contributed by atoms with Crippen LogP contribution in [0.2, 0.25) is 0 Å². The van der Waals surface area contributed by atoms with E-state index in [9.17, 15) is 10.1 Å². The Balaban J connectivity index is 0.00000220. The minimum Gasteiger partial charge on any atom is -0.398 e. The van der Waals surface area contributed by atoms with Crippen LogP contribution >= 0.6 is 28.3 Å². The Hall–Kier alpha value is -0.850. The van der Waals surface area contributed by atoms with Gasteiger partial charge in [-0.3, -0.25) is 15.0 Å². The van der Waals surface area contributed by atoms with Gasteiger partial charge in [-0.05, 0) is 41.4 Å². The third kappa shape index (κ3) is 4.56. The molecule has 1 aromatic rings. The number of nitrogen functional groups attached to an aromatic ring is 1. The zero-order valence-corrected chi connectivity index (χ0v) is 14.5. The number of nitrogens with two attached hydrogens (primary N) is 1. The van der Waals surface area contributed by atoms with Crippen molar-refractivity contribution in [3.8, 4) is 0 Å². The van der Waals surface area contributed by atoms with E-state index in [4.69, 9.17) is 5.73 Å². The minimum absolute atomic E-state index is 0. The first kappa shape index (κ1) is 18.2. The average molecular weight is 379 g/mol. The Morgan fingerprint density at radius 2 is 2.00 bits per heavy atom. The fourth-order valence-electron chi connectivity index (χ4n) is 2.81. The van der Waals surface area contributed by atoms with Gasteiger partial charge < -0.3 is 5.73 Å². The van der Waals surface area contributed by atoms with Gasteiger partial charge in [0.05, 0.1) is 10.6 Å². The van der Waals surface area contributed by atoms with Crippen molar-refractivity contribution < 1.29 is 4.92 Å². The maximum Gasteiger partial charge on any atom is 0.271 e. The molecule has 0 spiro atoms. The van der Waals surface area contributed by atoms with Gasteiger partial charge >= 0.3 is 0 Å². The number of halogens is 2. The van der Waals surface area contributed by atoms with E-state index in [0.717, 1.165) is 5.56 Å². The van der Waals surface area contributed by atoms with Gasteiger partial charge in [0.2, 0.25) is 0 Å². The molecule has 0 bridgehead atoms. The molecular formula is C14H21BrClN3O2. The van der Waals surface area contributed by atoms with Gasteiger partial charge in [-0.2, -0.15) is 0 Å². The highest BCUT2D eigenvalue weighted by Crippen LogP contribution is 2.31. The molecular weight excluding hydrogens is 358 g/mol. The van der Waals surface area contributed by atoms with Crippen LogP contribution in [0.15, 0.2) is 16.6 Å². The Kier molecular flexibility index (Phi) is 6.90. The Bertz CT molecular complexity index is 507. The molecule has 0 aromatic heterocycles. The number of nitrogens with zero attached hydrogens (tertiary/aromatic N) is 2. The van der Waals surface area contributed by atoms with E-state index in [1.807, 2.05) is 0 Å². The van der Waals surface area contributed by atoms with Gasteiger partial charge in [0.25, 0.3) is 5.69 Å². The van der Waals surface area contributed by atoms with Crippen molar-refractivity contribution in [3.63, 3.8) is 0 Å². The number of benzene rings is 1. The third-order valence-electron chi connectivity index (χ3n) is 4.03. The van der Waals surface area contributed by atoms with E-state index < -0.39 is 0 Å². The predicted molar refractivity (Wildman–Crippen MR) is 90.8 cm³/mol. The number of nitro benzene ring substituents is 1. The van der Waals surface area contributed by atoms with E-state index >= 15 is 0 Å². The lowest BCUT2D eigenvalue weighted by atomic mass is 9.94. The molecule has 1 saturated carbocycles. The summed E-state index contributed by atoms with van der Waals surface area (Å²) >= 11 is 3.30. The highest BCUT2D eigenvalue weighted by Gasteiger charge is 2.20. The van der Waals surface area contributed by atoms with E-state index in [1.54, 1.807) is 6.07 Å². The molecule has 0 heterocycles. The maximum absolute atomic E-state index is 10.9. The number of anilines is 1. The van der Waals surface area contributed by atoms with Crippen LogP contribution in [0.25, 0.3) is 0 Å². The van der Waals surface area contributed by atoms with Crippen molar-refractivity contribution in [1.82, 2.24) is 4.90 Å². The van der Waals surface area contributed by atoms with Gasteiger partial charge in [-0.15, -0.1) is 12.4 Å².